The number of nitrogen functional groups attached to an aromatic ring is 1. The first-order valence-electron chi connectivity index (χ1n) is 6.73. The number of hydrogen-bond donors (Lipinski definition) is 1. The van der Waals surface area contributed by atoms with Gasteiger partial charge in [-0.05, 0) is 56.4 Å². The van der Waals surface area contributed by atoms with Crippen LogP contribution in [0.15, 0.2) is 12.1 Å². The summed E-state index contributed by atoms with van der Waals surface area (Å²) in [4.78, 5) is 26.1. The maximum absolute atomic E-state index is 12.4. The number of imide groups is 1. The van der Waals surface area contributed by atoms with Crippen LogP contribution in [0, 0.1) is 25.7 Å². The molecule has 2 amide bonds. The normalized spacial score (nSPS) is 26.1. The molecule has 4 heteroatoms. The second kappa shape index (κ2) is 4.08. The Bertz CT molecular complexity index is 558. The quantitative estimate of drug-likeness (QED) is 0.620. The predicted octanol–water partition coefficient (Wildman–Crippen LogP) is 2.18. The van der Waals surface area contributed by atoms with Gasteiger partial charge in [-0.2, -0.15) is 0 Å². The van der Waals surface area contributed by atoms with Gasteiger partial charge in [-0.15, -0.1) is 0 Å². The summed E-state index contributed by atoms with van der Waals surface area (Å²) in [6.45, 7) is 3.94. The van der Waals surface area contributed by atoms with Gasteiger partial charge in [0.15, 0.2) is 0 Å². The van der Waals surface area contributed by atoms with Gasteiger partial charge < -0.3 is 5.73 Å². The summed E-state index contributed by atoms with van der Waals surface area (Å²) in [7, 11) is 0. The van der Waals surface area contributed by atoms with E-state index < -0.39 is 0 Å². The van der Waals surface area contributed by atoms with Crippen LogP contribution in [0.4, 0.5) is 11.4 Å². The van der Waals surface area contributed by atoms with Gasteiger partial charge in [-0.3, -0.25) is 9.59 Å². The molecule has 1 aliphatic carbocycles. The van der Waals surface area contributed by atoms with Crippen molar-refractivity contribution in [3.63, 3.8) is 0 Å². The van der Waals surface area contributed by atoms with Crippen LogP contribution in [0.25, 0.3) is 0 Å². The van der Waals surface area contributed by atoms with E-state index in [1.165, 1.54) is 4.90 Å². The number of carbonyl (C=O) groups is 2. The Morgan fingerprint density at radius 3 is 2.16 bits per heavy atom. The highest BCUT2D eigenvalue weighted by Crippen LogP contribution is 2.41. The number of anilines is 2. The van der Waals surface area contributed by atoms with Gasteiger partial charge >= 0.3 is 0 Å². The number of benzene rings is 1. The molecule has 0 aromatic heterocycles. The maximum atomic E-state index is 12.4. The summed E-state index contributed by atoms with van der Waals surface area (Å²) in [6.07, 6.45) is 2.38. The van der Waals surface area contributed by atoms with E-state index >= 15 is 0 Å². The number of hydrogen-bond acceptors (Lipinski definition) is 3. The van der Waals surface area contributed by atoms with Crippen molar-refractivity contribution in [3.05, 3.63) is 23.3 Å². The Kier molecular flexibility index (Phi) is 2.62. The van der Waals surface area contributed by atoms with E-state index in [-0.39, 0.29) is 23.7 Å². The lowest BCUT2D eigenvalue weighted by atomic mass is 9.95. The molecule has 19 heavy (non-hydrogen) atoms. The van der Waals surface area contributed by atoms with Gasteiger partial charge in [-0.25, -0.2) is 4.90 Å². The maximum Gasteiger partial charge on any atom is 0.236 e. The van der Waals surface area contributed by atoms with Crippen molar-refractivity contribution in [1.29, 1.82) is 0 Å². The molecule has 1 saturated heterocycles. The van der Waals surface area contributed by atoms with E-state index in [9.17, 15) is 9.59 Å². The molecule has 100 valence electrons. The van der Waals surface area contributed by atoms with Crippen molar-refractivity contribution < 1.29 is 9.59 Å². The van der Waals surface area contributed by atoms with Crippen molar-refractivity contribution in [2.45, 2.75) is 33.1 Å². The topological polar surface area (TPSA) is 63.4 Å². The molecular weight excluding hydrogens is 240 g/mol. The smallest absolute Gasteiger partial charge is 0.236 e. The number of carbonyl (C=O) groups excluding carboxylic acids is 2. The van der Waals surface area contributed by atoms with Crippen LogP contribution in [-0.2, 0) is 9.59 Å². The zero-order valence-corrected chi connectivity index (χ0v) is 11.3. The standard InChI is InChI=1S/C15H18N2O2/c1-8-5-12(16)13(6-9(8)2)17-14(18)10-3-4-11(7-10)15(17)19/h5-6,10-11H,3-4,7,16H2,1-2H3. The Labute approximate surface area is 112 Å². The molecule has 1 aromatic carbocycles. The van der Waals surface area contributed by atoms with Crippen LogP contribution in [0.3, 0.4) is 0 Å². The highest BCUT2D eigenvalue weighted by molar-refractivity contribution is 6.20. The summed E-state index contributed by atoms with van der Waals surface area (Å²) < 4.78 is 0. The molecule has 2 atom stereocenters. The van der Waals surface area contributed by atoms with Gasteiger partial charge in [-0.1, -0.05) is 0 Å². The van der Waals surface area contributed by atoms with Crippen LogP contribution < -0.4 is 10.6 Å². The molecule has 1 aliphatic heterocycles. The average molecular weight is 258 g/mol. The molecule has 2 bridgehead atoms. The van der Waals surface area contributed by atoms with Crippen LogP contribution in [0.5, 0.6) is 0 Å². The van der Waals surface area contributed by atoms with Crippen molar-refractivity contribution >= 4 is 23.2 Å². The lowest BCUT2D eigenvalue weighted by molar-refractivity contribution is -0.132. The number of nitrogens with zero attached hydrogens (tertiary/aromatic N) is 1. The van der Waals surface area contributed by atoms with Crippen molar-refractivity contribution in [2.75, 3.05) is 10.6 Å². The third-order valence-electron chi connectivity index (χ3n) is 4.46. The SMILES string of the molecule is Cc1cc(N)c(N2C(=O)C3CCC(C3)C2=O)cc1C. The van der Waals surface area contributed by atoms with Gasteiger partial charge in [0.2, 0.25) is 11.8 Å². The second-order valence-electron chi connectivity index (χ2n) is 5.71. The summed E-state index contributed by atoms with van der Waals surface area (Å²) in [5, 5.41) is 0. The summed E-state index contributed by atoms with van der Waals surface area (Å²) in [5.74, 6) is -0.144. The van der Waals surface area contributed by atoms with Crippen LogP contribution >= 0.6 is 0 Å². The molecular formula is C15H18N2O2. The molecule has 2 aliphatic rings. The number of rotatable bonds is 1. The van der Waals surface area contributed by atoms with Gasteiger partial charge in [0, 0.05) is 11.8 Å². The number of amides is 2. The first-order chi connectivity index (χ1) is 8.99. The Morgan fingerprint density at radius 2 is 1.58 bits per heavy atom. The Hall–Kier alpha value is -1.84. The monoisotopic (exact) mass is 258 g/mol. The number of fused-ring (bicyclic) bond motifs is 2. The van der Waals surface area contributed by atoms with Crippen LogP contribution in [0.1, 0.15) is 30.4 Å². The molecule has 2 unspecified atom stereocenters. The van der Waals surface area contributed by atoms with E-state index in [1.54, 1.807) is 0 Å². The zero-order valence-electron chi connectivity index (χ0n) is 11.3. The minimum atomic E-state index is -0.0753. The largest absolute Gasteiger partial charge is 0.397 e. The molecule has 1 aromatic rings. The van der Waals surface area contributed by atoms with Crippen molar-refractivity contribution in [1.82, 2.24) is 0 Å². The molecule has 1 heterocycles. The van der Waals surface area contributed by atoms with E-state index in [1.807, 2.05) is 26.0 Å². The van der Waals surface area contributed by atoms with Crippen molar-refractivity contribution in [2.24, 2.45) is 11.8 Å². The third kappa shape index (κ3) is 1.74. The van der Waals surface area contributed by atoms with Gasteiger partial charge in [0.1, 0.15) is 0 Å². The van der Waals surface area contributed by atoms with Gasteiger partial charge in [0.05, 0.1) is 11.4 Å². The fourth-order valence-electron chi connectivity index (χ4n) is 3.16. The first kappa shape index (κ1) is 12.2. The third-order valence-corrected chi connectivity index (χ3v) is 4.46. The molecule has 1 saturated carbocycles. The molecule has 3 rings (SSSR count). The van der Waals surface area contributed by atoms with E-state index in [4.69, 9.17) is 5.73 Å². The molecule has 2 fully saturated rings. The van der Waals surface area contributed by atoms with E-state index in [2.05, 4.69) is 0 Å². The summed E-state index contributed by atoms with van der Waals surface area (Å²) >= 11 is 0. The minimum Gasteiger partial charge on any atom is -0.397 e. The van der Waals surface area contributed by atoms with E-state index in [0.29, 0.717) is 11.4 Å². The number of aryl methyl sites for hydroxylation is 2. The fourth-order valence-corrected chi connectivity index (χ4v) is 3.16. The highest BCUT2D eigenvalue weighted by atomic mass is 16.2. The summed E-state index contributed by atoms with van der Waals surface area (Å²) in [6, 6.07) is 3.69. The fraction of sp³-hybridized carbons (Fsp3) is 0.467. The van der Waals surface area contributed by atoms with Gasteiger partial charge in [0.25, 0.3) is 0 Å². The Balaban J connectivity index is 2.08. The lowest BCUT2D eigenvalue weighted by Crippen LogP contribution is -2.46. The number of piperidine rings is 1. The van der Waals surface area contributed by atoms with Crippen LogP contribution in [-0.4, -0.2) is 11.8 Å². The second-order valence-corrected chi connectivity index (χ2v) is 5.71. The van der Waals surface area contributed by atoms with Crippen LogP contribution in [0.2, 0.25) is 0 Å². The summed E-state index contributed by atoms with van der Waals surface area (Å²) in [5.41, 5.74) is 9.20. The molecule has 0 radical (unpaired) electrons. The average Bonchev–Trinajstić information content (AvgIpc) is 2.80. The van der Waals surface area contributed by atoms with E-state index in [0.717, 1.165) is 30.4 Å². The molecule has 0 spiro atoms. The highest BCUT2D eigenvalue weighted by Gasteiger charge is 2.46. The zero-order chi connectivity index (χ0) is 13.7. The minimum absolute atomic E-state index is 0.00343. The van der Waals surface area contributed by atoms with Crippen molar-refractivity contribution in [3.8, 4) is 0 Å². The first-order valence-corrected chi connectivity index (χ1v) is 6.73. The molecule has 4 nitrogen and oxygen atoms in total. The lowest BCUT2D eigenvalue weighted by Gasteiger charge is -2.30. The predicted molar refractivity (Wildman–Crippen MR) is 73.7 cm³/mol. The molecule has 2 N–H and O–H groups in total. The number of nitrogens with two attached hydrogens (primary N) is 1. The Morgan fingerprint density at radius 1 is 1.05 bits per heavy atom.